The Balaban J connectivity index is 1.57. The van der Waals surface area contributed by atoms with E-state index >= 15 is 0 Å². The monoisotopic (exact) mass is 432 g/mol. The van der Waals surface area contributed by atoms with Crippen molar-refractivity contribution in [2.24, 2.45) is 0 Å². The number of benzene rings is 1. The Morgan fingerprint density at radius 3 is 2.75 bits per heavy atom. The van der Waals surface area contributed by atoms with Gasteiger partial charge >= 0.3 is 0 Å². The van der Waals surface area contributed by atoms with Crippen LogP contribution in [0.4, 0.5) is 14.5 Å². The van der Waals surface area contributed by atoms with Gasteiger partial charge in [0.25, 0.3) is 0 Å². The van der Waals surface area contributed by atoms with E-state index in [1.54, 1.807) is 6.92 Å². The first kappa shape index (κ1) is 20.7. The molecule has 0 spiro atoms. The normalized spacial score (nSPS) is 18.4. The highest BCUT2D eigenvalue weighted by molar-refractivity contribution is 7.91. The molecule has 152 valence electrons. The number of hydrogen-bond acceptors (Lipinski definition) is 5. The third-order valence-electron chi connectivity index (χ3n) is 4.49. The second-order valence-corrected chi connectivity index (χ2v) is 9.22. The van der Waals surface area contributed by atoms with Crippen molar-refractivity contribution < 1.29 is 22.0 Å². The Labute approximate surface area is 166 Å². The average Bonchev–Trinajstić information content (AvgIpc) is 3.11. The van der Waals surface area contributed by atoms with Crippen LogP contribution in [0.2, 0.25) is 5.15 Å². The van der Waals surface area contributed by atoms with Gasteiger partial charge in [-0.05, 0) is 25.5 Å². The van der Waals surface area contributed by atoms with Crippen LogP contribution in [-0.4, -0.2) is 42.2 Å². The van der Waals surface area contributed by atoms with E-state index in [-0.39, 0.29) is 36.3 Å². The molecule has 1 fully saturated rings. The van der Waals surface area contributed by atoms with Gasteiger partial charge in [-0.25, -0.2) is 21.9 Å². The molecular formula is C17H19ClF2N4O3S. The van der Waals surface area contributed by atoms with E-state index in [4.69, 9.17) is 11.6 Å². The minimum atomic E-state index is -3.07. The predicted octanol–water partition coefficient (Wildman–Crippen LogP) is 2.21. The number of aromatic nitrogens is 2. The molecule has 7 nitrogen and oxygen atoms in total. The third kappa shape index (κ3) is 4.68. The molecule has 1 aromatic carbocycles. The number of carbonyl (C=O) groups excluding carboxylic acids is 1. The summed E-state index contributed by atoms with van der Waals surface area (Å²) in [7, 11) is -3.07. The van der Waals surface area contributed by atoms with Crippen LogP contribution >= 0.6 is 11.6 Å². The van der Waals surface area contributed by atoms with Crippen molar-refractivity contribution in [1.82, 2.24) is 15.1 Å². The van der Waals surface area contributed by atoms with Crippen LogP contribution in [-0.2, 0) is 21.2 Å². The van der Waals surface area contributed by atoms with Crippen LogP contribution in [0.15, 0.2) is 18.2 Å². The van der Waals surface area contributed by atoms with Crippen molar-refractivity contribution in [3.8, 4) is 0 Å². The number of aryl methyl sites for hydroxylation is 1. The minimum Gasteiger partial charge on any atom is -0.325 e. The quantitative estimate of drug-likeness (QED) is 0.730. The Bertz CT molecular complexity index is 1010. The zero-order chi connectivity index (χ0) is 20.5. The summed E-state index contributed by atoms with van der Waals surface area (Å²) < 4.78 is 50.9. The molecule has 2 heterocycles. The van der Waals surface area contributed by atoms with Crippen LogP contribution in [0.3, 0.4) is 0 Å². The molecule has 1 aromatic heterocycles. The van der Waals surface area contributed by atoms with Gasteiger partial charge in [-0.1, -0.05) is 11.6 Å². The minimum absolute atomic E-state index is 0.0113. The van der Waals surface area contributed by atoms with E-state index in [1.165, 1.54) is 10.7 Å². The Hall–Kier alpha value is -2.04. The summed E-state index contributed by atoms with van der Waals surface area (Å²) in [6.45, 7) is 1.91. The molecule has 1 amide bonds. The molecular weight excluding hydrogens is 414 g/mol. The zero-order valence-corrected chi connectivity index (χ0v) is 16.6. The standard InChI is InChI=1S/C17H19ClF2N4O3S/c1-10-13(17(18)24(23-10)12-4-5-28(26,27)9-12)7-21-8-16(25)22-11-2-3-14(19)15(20)6-11/h2-3,6,12,21H,4-5,7-9H2,1H3,(H,22,25)/t12-/m1/s1. The van der Waals surface area contributed by atoms with E-state index in [9.17, 15) is 22.0 Å². The second-order valence-electron chi connectivity index (χ2n) is 6.64. The van der Waals surface area contributed by atoms with E-state index in [2.05, 4.69) is 15.7 Å². The van der Waals surface area contributed by atoms with Crippen molar-refractivity contribution in [1.29, 1.82) is 0 Å². The first-order chi connectivity index (χ1) is 13.2. The summed E-state index contributed by atoms with van der Waals surface area (Å²) in [5, 5.41) is 10.1. The third-order valence-corrected chi connectivity index (χ3v) is 6.64. The summed E-state index contributed by atoms with van der Waals surface area (Å²) >= 11 is 6.37. The number of nitrogens with zero attached hydrogens (tertiary/aromatic N) is 2. The fraction of sp³-hybridized carbons (Fsp3) is 0.412. The lowest BCUT2D eigenvalue weighted by Gasteiger charge is -2.10. The molecule has 1 atom stereocenters. The Kier molecular flexibility index (Phi) is 6.01. The molecule has 0 bridgehead atoms. The number of hydrogen-bond donors (Lipinski definition) is 2. The molecule has 0 saturated carbocycles. The highest BCUT2D eigenvalue weighted by atomic mass is 35.5. The van der Waals surface area contributed by atoms with Crippen LogP contribution in [0.1, 0.15) is 23.7 Å². The number of halogens is 3. The van der Waals surface area contributed by atoms with Gasteiger partial charge in [0.2, 0.25) is 5.91 Å². The highest BCUT2D eigenvalue weighted by Crippen LogP contribution is 2.29. The van der Waals surface area contributed by atoms with Gasteiger partial charge in [0.15, 0.2) is 21.5 Å². The number of amides is 1. The maximum atomic E-state index is 13.2. The van der Waals surface area contributed by atoms with E-state index in [0.717, 1.165) is 12.1 Å². The van der Waals surface area contributed by atoms with Crippen molar-refractivity contribution in [2.45, 2.75) is 25.9 Å². The van der Waals surface area contributed by atoms with Gasteiger partial charge in [-0.15, -0.1) is 0 Å². The Morgan fingerprint density at radius 1 is 1.36 bits per heavy atom. The average molecular weight is 433 g/mol. The van der Waals surface area contributed by atoms with Gasteiger partial charge in [0, 0.05) is 23.9 Å². The summed E-state index contributed by atoms with van der Waals surface area (Å²) in [6, 6.07) is 2.80. The van der Waals surface area contributed by atoms with Gasteiger partial charge in [-0.3, -0.25) is 4.79 Å². The van der Waals surface area contributed by atoms with Crippen LogP contribution in [0.5, 0.6) is 0 Å². The first-order valence-corrected chi connectivity index (χ1v) is 10.8. The van der Waals surface area contributed by atoms with Gasteiger partial charge in [0.1, 0.15) is 5.15 Å². The van der Waals surface area contributed by atoms with Crippen LogP contribution in [0, 0.1) is 18.6 Å². The SMILES string of the molecule is Cc1nn([C@@H]2CCS(=O)(=O)C2)c(Cl)c1CNCC(=O)Nc1ccc(F)c(F)c1. The lowest BCUT2D eigenvalue weighted by Crippen LogP contribution is -2.28. The van der Waals surface area contributed by atoms with Crippen LogP contribution in [0.25, 0.3) is 0 Å². The molecule has 3 rings (SSSR count). The molecule has 28 heavy (non-hydrogen) atoms. The summed E-state index contributed by atoms with van der Waals surface area (Å²) in [6.07, 6.45) is 0.465. The molecule has 11 heteroatoms. The van der Waals surface area contributed by atoms with Gasteiger partial charge in [-0.2, -0.15) is 5.10 Å². The van der Waals surface area contributed by atoms with Crippen LogP contribution < -0.4 is 10.6 Å². The van der Waals surface area contributed by atoms with E-state index < -0.39 is 27.4 Å². The maximum Gasteiger partial charge on any atom is 0.238 e. The summed E-state index contributed by atoms with van der Waals surface area (Å²) in [4.78, 5) is 11.9. The van der Waals surface area contributed by atoms with E-state index in [1.807, 2.05) is 0 Å². The Morgan fingerprint density at radius 2 is 2.11 bits per heavy atom. The maximum absolute atomic E-state index is 13.2. The lowest BCUT2D eigenvalue weighted by atomic mass is 10.2. The lowest BCUT2D eigenvalue weighted by molar-refractivity contribution is -0.115. The number of nitrogens with one attached hydrogen (secondary N) is 2. The van der Waals surface area contributed by atoms with Crippen molar-refractivity contribution >= 4 is 33.0 Å². The van der Waals surface area contributed by atoms with Crippen molar-refractivity contribution in [3.63, 3.8) is 0 Å². The largest absolute Gasteiger partial charge is 0.325 e. The van der Waals surface area contributed by atoms with Gasteiger partial charge < -0.3 is 10.6 Å². The van der Waals surface area contributed by atoms with Crippen molar-refractivity contribution in [2.75, 3.05) is 23.4 Å². The summed E-state index contributed by atoms with van der Waals surface area (Å²) in [5.74, 6) is -2.35. The van der Waals surface area contributed by atoms with Crippen molar-refractivity contribution in [3.05, 3.63) is 46.2 Å². The number of rotatable bonds is 6. The summed E-state index contributed by atoms with van der Waals surface area (Å²) in [5.41, 5.74) is 1.46. The molecule has 2 aromatic rings. The molecule has 0 radical (unpaired) electrons. The number of sulfone groups is 1. The second kappa shape index (κ2) is 8.14. The molecule has 1 aliphatic heterocycles. The molecule has 1 aliphatic rings. The topological polar surface area (TPSA) is 93.1 Å². The predicted molar refractivity (Wildman–Crippen MR) is 101 cm³/mol. The molecule has 1 saturated heterocycles. The zero-order valence-electron chi connectivity index (χ0n) is 15.0. The number of carbonyl (C=O) groups is 1. The number of anilines is 1. The fourth-order valence-electron chi connectivity index (χ4n) is 3.04. The smallest absolute Gasteiger partial charge is 0.238 e. The van der Waals surface area contributed by atoms with Gasteiger partial charge in [0.05, 0.1) is 29.8 Å². The highest BCUT2D eigenvalue weighted by Gasteiger charge is 2.32. The first-order valence-electron chi connectivity index (χ1n) is 8.56. The van der Waals surface area contributed by atoms with E-state index in [0.29, 0.717) is 22.8 Å². The fourth-order valence-corrected chi connectivity index (χ4v) is 5.12. The molecule has 2 N–H and O–H groups in total. The molecule has 0 unspecified atom stereocenters. The molecule has 0 aliphatic carbocycles.